The van der Waals surface area contributed by atoms with Gasteiger partial charge in [0, 0.05) is 13.2 Å². The van der Waals surface area contributed by atoms with Crippen LogP contribution in [0.2, 0.25) is 0 Å². The Bertz CT molecular complexity index is 117. The molecule has 78 valence electrons. The molecule has 0 amide bonds. The van der Waals surface area contributed by atoms with E-state index in [0.717, 1.165) is 19.1 Å². The number of nitrogens with one attached hydrogen (secondary N) is 1. The van der Waals surface area contributed by atoms with Gasteiger partial charge in [-0.25, -0.2) is 0 Å². The van der Waals surface area contributed by atoms with Crippen molar-refractivity contribution in [2.75, 3.05) is 20.2 Å². The van der Waals surface area contributed by atoms with Gasteiger partial charge in [-0.2, -0.15) is 0 Å². The zero-order valence-electron chi connectivity index (χ0n) is 9.01. The van der Waals surface area contributed by atoms with Gasteiger partial charge in [0.1, 0.15) is 0 Å². The molecule has 1 saturated carbocycles. The Morgan fingerprint density at radius 3 is 2.77 bits per heavy atom. The van der Waals surface area contributed by atoms with Gasteiger partial charge in [-0.15, -0.1) is 0 Å². The second kappa shape index (κ2) is 6.39. The molecule has 0 bridgehead atoms. The van der Waals surface area contributed by atoms with Crippen molar-refractivity contribution in [2.24, 2.45) is 5.92 Å². The SMILES string of the molecule is CCCC(CNC)OCCC1CC1. The Morgan fingerprint density at radius 2 is 2.23 bits per heavy atom. The van der Waals surface area contributed by atoms with Crippen molar-refractivity contribution < 1.29 is 4.74 Å². The first-order valence-corrected chi connectivity index (χ1v) is 5.63. The van der Waals surface area contributed by atoms with E-state index in [4.69, 9.17) is 4.74 Å². The molecule has 0 aromatic carbocycles. The Morgan fingerprint density at radius 1 is 1.46 bits per heavy atom. The highest BCUT2D eigenvalue weighted by molar-refractivity contribution is 4.72. The van der Waals surface area contributed by atoms with E-state index < -0.39 is 0 Å². The fourth-order valence-electron chi connectivity index (χ4n) is 1.60. The molecule has 1 fully saturated rings. The van der Waals surface area contributed by atoms with Gasteiger partial charge in [0.25, 0.3) is 0 Å². The maximum atomic E-state index is 5.81. The summed E-state index contributed by atoms with van der Waals surface area (Å²) < 4.78 is 5.81. The second-order valence-electron chi connectivity index (χ2n) is 4.07. The van der Waals surface area contributed by atoms with Crippen LogP contribution in [0.5, 0.6) is 0 Å². The van der Waals surface area contributed by atoms with Crippen molar-refractivity contribution in [1.82, 2.24) is 5.32 Å². The molecule has 2 heteroatoms. The van der Waals surface area contributed by atoms with Crippen LogP contribution in [0.3, 0.4) is 0 Å². The van der Waals surface area contributed by atoms with Gasteiger partial charge in [0.15, 0.2) is 0 Å². The molecular weight excluding hydrogens is 162 g/mol. The Balaban J connectivity index is 1.98. The average molecular weight is 185 g/mol. The minimum absolute atomic E-state index is 0.439. The van der Waals surface area contributed by atoms with Gasteiger partial charge >= 0.3 is 0 Å². The van der Waals surface area contributed by atoms with Crippen molar-refractivity contribution in [2.45, 2.75) is 45.1 Å². The van der Waals surface area contributed by atoms with E-state index in [1.165, 1.54) is 32.1 Å². The van der Waals surface area contributed by atoms with E-state index in [0.29, 0.717) is 6.10 Å². The Kier molecular flexibility index (Phi) is 5.40. The fraction of sp³-hybridized carbons (Fsp3) is 1.00. The molecule has 1 unspecified atom stereocenters. The van der Waals surface area contributed by atoms with Gasteiger partial charge in [0.2, 0.25) is 0 Å². The van der Waals surface area contributed by atoms with Crippen LogP contribution in [0.15, 0.2) is 0 Å². The highest BCUT2D eigenvalue weighted by Crippen LogP contribution is 2.32. The third kappa shape index (κ3) is 5.27. The van der Waals surface area contributed by atoms with Crippen LogP contribution in [-0.4, -0.2) is 26.3 Å². The number of hydrogen-bond donors (Lipinski definition) is 1. The van der Waals surface area contributed by atoms with E-state index in [2.05, 4.69) is 12.2 Å². The zero-order chi connectivity index (χ0) is 9.52. The highest BCUT2D eigenvalue weighted by Gasteiger charge is 2.21. The van der Waals surface area contributed by atoms with Crippen molar-refractivity contribution in [3.05, 3.63) is 0 Å². The van der Waals surface area contributed by atoms with Gasteiger partial charge in [-0.05, 0) is 25.8 Å². The predicted octanol–water partition coefficient (Wildman–Crippen LogP) is 2.19. The predicted molar refractivity (Wildman–Crippen MR) is 55.9 cm³/mol. The average Bonchev–Trinajstić information content (AvgIpc) is 2.89. The van der Waals surface area contributed by atoms with E-state index in [1.54, 1.807) is 0 Å². The second-order valence-corrected chi connectivity index (χ2v) is 4.07. The summed E-state index contributed by atoms with van der Waals surface area (Å²) in [6, 6.07) is 0. The first-order valence-electron chi connectivity index (χ1n) is 5.63. The molecule has 0 heterocycles. The third-order valence-corrected chi connectivity index (χ3v) is 2.62. The molecule has 0 aromatic rings. The summed E-state index contributed by atoms with van der Waals surface area (Å²) in [7, 11) is 1.99. The Hall–Kier alpha value is -0.0800. The normalized spacial score (nSPS) is 18.9. The maximum Gasteiger partial charge on any atom is 0.0699 e. The molecule has 0 aromatic heterocycles. The van der Waals surface area contributed by atoms with E-state index in [-0.39, 0.29) is 0 Å². The van der Waals surface area contributed by atoms with E-state index in [9.17, 15) is 0 Å². The molecule has 1 rings (SSSR count). The van der Waals surface area contributed by atoms with Crippen molar-refractivity contribution in [1.29, 1.82) is 0 Å². The maximum absolute atomic E-state index is 5.81. The topological polar surface area (TPSA) is 21.3 Å². The summed E-state index contributed by atoms with van der Waals surface area (Å²) >= 11 is 0. The van der Waals surface area contributed by atoms with Crippen LogP contribution in [-0.2, 0) is 4.74 Å². The molecule has 1 atom stereocenters. The van der Waals surface area contributed by atoms with Gasteiger partial charge in [0.05, 0.1) is 6.10 Å². The highest BCUT2D eigenvalue weighted by atomic mass is 16.5. The van der Waals surface area contributed by atoms with E-state index in [1.807, 2.05) is 7.05 Å². The van der Waals surface area contributed by atoms with Crippen molar-refractivity contribution >= 4 is 0 Å². The first-order chi connectivity index (χ1) is 6.36. The van der Waals surface area contributed by atoms with Crippen molar-refractivity contribution in [3.8, 4) is 0 Å². The zero-order valence-corrected chi connectivity index (χ0v) is 9.01. The van der Waals surface area contributed by atoms with Gasteiger partial charge in [-0.3, -0.25) is 0 Å². The smallest absolute Gasteiger partial charge is 0.0699 e. The minimum Gasteiger partial charge on any atom is -0.377 e. The van der Waals surface area contributed by atoms with Crippen LogP contribution < -0.4 is 5.32 Å². The van der Waals surface area contributed by atoms with Crippen molar-refractivity contribution in [3.63, 3.8) is 0 Å². The lowest BCUT2D eigenvalue weighted by atomic mass is 10.2. The van der Waals surface area contributed by atoms with Crippen LogP contribution in [0.4, 0.5) is 0 Å². The first kappa shape index (κ1) is 11.0. The summed E-state index contributed by atoms with van der Waals surface area (Å²) in [5.74, 6) is 0.997. The molecule has 0 saturated heterocycles. The number of ether oxygens (including phenoxy) is 1. The lowest BCUT2D eigenvalue weighted by Gasteiger charge is -2.16. The quantitative estimate of drug-likeness (QED) is 0.626. The lowest BCUT2D eigenvalue weighted by molar-refractivity contribution is 0.0446. The van der Waals surface area contributed by atoms with Gasteiger partial charge in [-0.1, -0.05) is 26.2 Å². The number of rotatable bonds is 8. The summed E-state index contributed by atoms with van der Waals surface area (Å²) in [4.78, 5) is 0. The molecule has 1 aliphatic carbocycles. The molecule has 2 nitrogen and oxygen atoms in total. The number of likely N-dealkylation sites (N-methyl/N-ethyl adjacent to an activating group) is 1. The molecular formula is C11H23NO. The standard InChI is InChI=1S/C11H23NO/c1-3-4-11(9-12-2)13-8-7-10-5-6-10/h10-12H,3-9H2,1-2H3. The fourth-order valence-corrected chi connectivity index (χ4v) is 1.60. The summed E-state index contributed by atoms with van der Waals surface area (Å²) in [5, 5.41) is 3.18. The molecule has 0 radical (unpaired) electrons. The third-order valence-electron chi connectivity index (χ3n) is 2.62. The number of hydrogen-bond acceptors (Lipinski definition) is 2. The summed E-state index contributed by atoms with van der Waals surface area (Å²) in [6.07, 6.45) is 7.00. The minimum atomic E-state index is 0.439. The van der Waals surface area contributed by atoms with Crippen LogP contribution in [0, 0.1) is 5.92 Å². The molecule has 1 aliphatic rings. The van der Waals surface area contributed by atoms with E-state index >= 15 is 0 Å². The largest absolute Gasteiger partial charge is 0.377 e. The summed E-state index contributed by atoms with van der Waals surface area (Å²) in [5.41, 5.74) is 0. The monoisotopic (exact) mass is 185 g/mol. The molecule has 13 heavy (non-hydrogen) atoms. The summed E-state index contributed by atoms with van der Waals surface area (Å²) in [6.45, 7) is 4.18. The van der Waals surface area contributed by atoms with Gasteiger partial charge < -0.3 is 10.1 Å². The molecule has 1 N–H and O–H groups in total. The van der Waals surface area contributed by atoms with Crippen LogP contribution >= 0.6 is 0 Å². The lowest BCUT2D eigenvalue weighted by Crippen LogP contribution is -2.26. The van der Waals surface area contributed by atoms with Crippen LogP contribution in [0.25, 0.3) is 0 Å². The van der Waals surface area contributed by atoms with Crippen LogP contribution in [0.1, 0.15) is 39.0 Å². The Labute approximate surface area is 82.0 Å². The molecule has 0 aliphatic heterocycles. The molecule has 0 spiro atoms.